The van der Waals surface area contributed by atoms with E-state index in [0.29, 0.717) is 18.6 Å². The molecule has 5 atom stereocenters. The van der Waals surface area contributed by atoms with Crippen LogP contribution in [0.1, 0.15) is 168 Å². The summed E-state index contributed by atoms with van der Waals surface area (Å²) in [6, 6.07) is 0. The highest BCUT2D eigenvalue weighted by Gasteiger charge is 2.33. The maximum Gasteiger partial charge on any atom is 0.330 e. The highest BCUT2D eigenvalue weighted by atomic mass is 16.5. The van der Waals surface area contributed by atoms with Gasteiger partial charge in [-0.1, -0.05) is 122 Å². The number of unbranched alkanes of at least 4 members (excludes halogenated alkanes) is 16. The summed E-state index contributed by atoms with van der Waals surface area (Å²) in [6.07, 6.45) is 30.0. The van der Waals surface area contributed by atoms with E-state index in [1.807, 2.05) is 6.08 Å². The predicted molar refractivity (Wildman–Crippen MR) is 178 cm³/mol. The number of carbonyl (C=O) groups is 1. The van der Waals surface area contributed by atoms with Crippen LogP contribution < -0.4 is 0 Å². The zero-order valence-corrected chi connectivity index (χ0v) is 28.2. The third kappa shape index (κ3) is 21.2. The van der Waals surface area contributed by atoms with E-state index in [1.165, 1.54) is 89.5 Å². The molecule has 43 heavy (non-hydrogen) atoms. The lowest BCUT2D eigenvalue weighted by Crippen LogP contribution is -2.31. The van der Waals surface area contributed by atoms with Crippen LogP contribution in [0.4, 0.5) is 0 Å². The zero-order chi connectivity index (χ0) is 31.5. The van der Waals surface area contributed by atoms with E-state index >= 15 is 0 Å². The molecule has 0 aromatic carbocycles. The van der Waals surface area contributed by atoms with Crippen LogP contribution in [-0.2, 0) is 14.3 Å². The van der Waals surface area contributed by atoms with Crippen molar-refractivity contribution in [3.05, 3.63) is 23.8 Å². The first kappa shape index (κ1) is 39.8. The van der Waals surface area contributed by atoms with Gasteiger partial charge in [0, 0.05) is 6.08 Å². The summed E-state index contributed by atoms with van der Waals surface area (Å²) >= 11 is 0. The molecule has 6 heteroatoms. The van der Waals surface area contributed by atoms with Crippen LogP contribution in [0.5, 0.6) is 0 Å². The molecule has 0 saturated carbocycles. The van der Waals surface area contributed by atoms with Crippen molar-refractivity contribution in [2.75, 3.05) is 6.61 Å². The highest BCUT2D eigenvalue weighted by molar-refractivity contribution is 5.83. The van der Waals surface area contributed by atoms with E-state index in [4.69, 9.17) is 9.47 Å². The summed E-state index contributed by atoms with van der Waals surface area (Å²) in [7, 11) is 0. The molecule has 252 valence electrons. The third-order valence-electron chi connectivity index (χ3n) is 8.81. The summed E-state index contributed by atoms with van der Waals surface area (Å²) in [4.78, 5) is 11.6. The Morgan fingerprint density at radius 2 is 1.19 bits per heavy atom. The van der Waals surface area contributed by atoms with Crippen LogP contribution in [0, 0.1) is 0 Å². The Labute approximate surface area is 264 Å². The van der Waals surface area contributed by atoms with Crippen molar-refractivity contribution >= 4 is 5.97 Å². The van der Waals surface area contributed by atoms with Crippen molar-refractivity contribution in [3.8, 4) is 0 Å². The Kier molecular flexibility index (Phi) is 25.1. The molecule has 0 aliphatic carbocycles. The Morgan fingerprint density at radius 1 is 0.721 bits per heavy atom. The number of hydrogen-bond donors (Lipinski definition) is 3. The van der Waals surface area contributed by atoms with Crippen molar-refractivity contribution in [3.63, 3.8) is 0 Å². The van der Waals surface area contributed by atoms with E-state index in [1.54, 1.807) is 13.8 Å². The molecule has 0 amide bonds. The van der Waals surface area contributed by atoms with Crippen molar-refractivity contribution in [1.82, 2.24) is 0 Å². The number of allylic oxidation sites excluding steroid dienone is 2. The molecule has 1 heterocycles. The van der Waals surface area contributed by atoms with Gasteiger partial charge in [-0.2, -0.15) is 0 Å². The van der Waals surface area contributed by atoms with E-state index < -0.39 is 24.3 Å². The molecule has 0 bridgehead atoms. The van der Waals surface area contributed by atoms with Crippen molar-refractivity contribution in [2.45, 2.75) is 199 Å². The van der Waals surface area contributed by atoms with Gasteiger partial charge < -0.3 is 24.8 Å². The van der Waals surface area contributed by atoms with Gasteiger partial charge in [-0.25, -0.2) is 4.79 Å². The SMILES string of the molecule is CCCCCCCCCCCC[C@H](O)[C@@H]1CC[C@H]([C@H](O)CCCCCCCCC/C=C/C/C(=C/C(=O)OCC)[C@H](C)O)O1. The fourth-order valence-corrected chi connectivity index (χ4v) is 5.99. The molecule has 1 aliphatic heterocycles. The number of aliphatic hydroxyl groups is 3. The Bertz CT molecular complexity index is 718. The number of aliphatic hydroxyl groups excluding tert-OH is 3. The molecule has 1 fully saturated rings. The van der Waals surface area contributed by atoms with Crippen LogP contribution in [0.2, 0.25) is 0 Å². The second-order valence-corrected chi connectivity index (χ2v) is 12.8. The maximum atomic E-state index is 11.6. The molecule has 1 aliphatic rings. The molecule has 1 rings (SSSR count). The van der Waals surface area contributed by atoms with E-state index in [0.717, 1.165) is 57.8 Å². The van der Waals surface area contributed by atoms with E-state index in [9.17, 15) is 20.1 Å². The first-order valence-corrected chi connectivity index (χ1v) is 18.1. The van der Waals surface area contributed by atoms with Gasteiger partial charge in [-0.05, 0) is 64.4 Å². The molecule has 0 unspecified atom stereocenters. The van der Waals surface area contributed by atoms with Crippen molar-refractivity contribution in [1.29, 1.82) is 0 Å². The summed E-state index contributed by atoms with van der Waals surface area (Å²) < 4.78 is 11.0. The Morgan fingerprint density at radius 3 is 1.65 bits per heavy atom. The van der Waals surface area contributed by atoms with Gasteiger partial charge in [-0.3, -0.25) is 0 Å². The lowest BCUT2D eigenvalue weighted by Gasteiger charge is -2.22. The third-order valence-corrected chi connectivity index (χ3v) is 8.81. The van der Waals surface area contributed by atoms with Crippen molar-refractivity contribution < 1.29 is 29.6 Å². The molecule has 0 radical (unpaired) electrons. The minimum Gasteiger partial charge on any atom is -0.463 e. The molecule has 6 nitrogen and oxygen atoms in total. The van der Waals surface area contributed by atoms with Crippen LogP contribution in [0.25, 0.3) is 0 Å². The van der Waals surface area contributed by atoms with E-state index in [2.05, 4.69) is 13.0 Å². The molecule has 0 aromatic rings. The molecule has 0 aromatic heterocycles. The summed E-state index contributed by atoms with van der Waals surface area (Å²) in [5, 5.41) is 31.1. The zero-order valence-electron chi connectivity index (χ0n) is 28.2. The number of esters is 1. The first-order valence-electron chi connectivity index (χ1n) is 18.1. The number of carbonyl (C=O) groups excluding carboxylic acids is 1. The van der Waals surface area contributed by atoms with Gasteiger partial charge in [0.25, 0.3) is 0 Å². The van der Waals surface area contributed by atoms with Gasteiger partial charge in [0.05, 0.1) is 37.1 Å². The second-order valence-electron chi connectivity index (χ2n) is 12.8. The van der Waals surface area contributed by atoms with Crippen molar-refractivity contribution in [2.24, 2.45) is 0 Å². The Hall–Kier alpha value is -1.21. The second kappa shape index (κ2) is 27.1. The minimum absolute atomic E-state index is 0.102. The largest absolute Gasteiger partial charge is 0.463 e. The molecule has 0 spiro atoms. The van der Waals surface area contributed by atoms with Crippen LogP contribution in [0.3, 0.4) is 0 Å². The van der Waals surface area contributed by atoms with Gasteiger partial charge in [-0.15, -0.1) is 0 Å². The minimum atomic E-state index is -0.658. The van der Waals surface area contributed by atoms with Gasteiger partial charge >= 0.3 is 5.97 Å². The molecular weight excluding hydrogens is 540 g/mol. The number of rotatable bonds is 28. The first-order chi connectivity index (χ1) is 20.9. The van der Waals surface area contributed by atoms with E-state index in [-0.39, 0.29) is 12.2 Å². The van der Waals surface area contributed by atoms with Crippen LogP contribution in [0.15, 0.2) is 23.8 Å². The molecule has 3 N–H and O–H groups in total. The fourth-order valence-electron chi connectivity index (χ4n) is 5.99. The Balaban J connectivity index is 2.00. The number of ether oxygens (including phenoxy) is 2. The molecular formula is C37H68O6. The smallest absolute Gasteiger partial charge is 0.330 e. The quantitative estimate of drug-likeness (QED) is 0.0355. The lowest BCUT2D eigenvalue weighted by atomic mass is 10.00. The van der Waals surface area contributed by atoms with Gasteiger partial charge in [0.15, 0.2) is 0 Å². The fraction of sp³-hybridized carbons (Fsp3) is 0.865. The average molecular weight is 609 g/mol. The van der Waals surface area contributed by atoms with Crippen LogP contribution >= 0.6 is 0 Å². The predicted octanol–water partition coefficient (Wildman–Crippen LogP) is 8.89. The number of hydrogen-bond acceptors (Lipinski definition) is 6. The normalized spacial score (nSPS) is 19.6. The topological polar surface area (TPSA) is 96.2 Å². The highest BCUT2D eigenvalue weighted by Crippen LogP contribution is 2.28. The van der Waals surface area contributed by atoms with Crippen LogP contribution in [-0.4, -0.2) is 58.4 Å². The summed E-state index contributed by atoms with van der Waals surface area (Å²) in [5.74, 6) is -0.397. The summed E-state index contributed by atoms with van der Waals surface area (Å²) in [6.45, 7) is 6.04. The lowest BCUT2D eigenvalue weighted by molar-refractivity contribution is -0.137. The standard InChI is InChI=1S/C37H68O6/c1-4-6-7-8-9-10-14-17-20-23-26-33(39)35-28-29-36(43-35)34(40)27-24-21-18-15-12-11-13-16-19-22-25-32(31(3)38)30-37(41)42-5-2/h19,22,30-31,33-36,38-40H,4-18,20-21,23-29H2,1-3H3/b22-19+,32-30-/t31-,33-,34+,35-,36+/m0/s1. The average Bonchev–Trinajstić information content (AvgIpc) is 3.48. The monoisotopic (exact) mass is 609 g/mol. The molecule has 1 saturated heterocycles. The van der Waals surface area contributed by atoms with Gasteiger partial charge in [0.1, 0.15) is 0 Å². The maximum absolute atomic E-state index is 11.6. The summed E-state index contributed by atoms with van der Waals surface area (Å²) in [5.41, 5.74) is 0.677. The van der Waals surface area contributed by atoms with Gasteiger partial charge in [0.2, 0.25) is 0 Å².